The van der Waals surface area contributed by atoms with E-state index in [2.05, 4.69) is 13.8 Å². The summed E-state index contributed by atoms with van der Waals surface area (Å²) < 4.78 is 5.48. The van der Waals surface area contributed by atoms with Gasteiger partial charge in [0.1, 0.15) is 0 Å². The third kappa shape index (κ3) is 20.0. The minimum atomic E-state index is -0.374. The Labute approximate surface area is 157 Å². The van der Waals surface area contributed by atoms with Gasteiger partial charge >= 0.3 is 0 Å². The summed E-state index contributed by atoms with van der Waals surface area (Å²) in [5, 5.41) is 19.8. The Kier molecular flexibility index (Phi) is 20.1. The van der Waals surface area contributed by atoms with Crippen molar-refractivity contribution in [3.8, 4) is 0 Å². The fourth-order valence-corrected chi connectivity index (χ4v) is 3.18. The second-order valence-electron chi connectivity index (χ2n) is 7.67. The Hall–Kier alpha value is -0.120. The Morgan fingerprint density at radius 2 is 0.840 bits per heavy atom. The lowest BCUT2D eigenvalue weighted by molar-refractivity contribution is -0.0129. The van der Waals surface area contributed by atoms with E-state index in [0.717, 1.165) is 25.7 Å². The van der Waals surface area contributed by atoms with Crippen molar-refractivity contribution in [2.45, 2.75) is 129 Å². The molecule has 3 nitrogen and oxygen atoms in total. The molecular weight excluding hydrogens is 312 g/mol. The minimum absolute atomic E-state index is 0.365. The van der Waals surface area contributed by atoms with Crippen LogP contribution in [-0.2, 0) is 4.74 Å². The van der Waals surface area contributed by atoms with Crippen LogP contribution >= 0.6 is 0 Å². The summed E-state index contributed by atoms with van der Waals surface area (Å²) in [4.78, 5) is 0. The topological polar surface area (TPSA) is 49.7 Å². The first-order valence-corrected chi connectivity index (χ1v) is 11.1. The van der Waals surface area contributed by atoms with E-state index in [9.17, 15) is 10.2 Å². The van der Waals surface area contributed by atoms with E-state index in [1.54, 1.807) is 0 Å². The summed E-state index contributed by atoms with van der Waals surface area (Å²) in [6.07, 6.45) is 18.7. The van der Waals surface area contributed by atoms with Gasteiger partial charge in [0.05, 0.1) is 25.4 Å². The average Bonchev–Trinajstić information content (AvgIpc) is 2.60. The number of rotatable bonds is 20. The van der Waals surface area contributed by atoms with E-state index in [1.165, 1.54) is 77.0 Å². The van der Waals surface area contributed by atoms with Crippen LogP contribution in [0.3, 0.4) is 0 Å². The van der Waals surface area contributed by atoms with Crippen LogP contribution < -0.4 is 0 Å². The molecule has 0 aromatic rings. The highest BCUT2D eigenvalue weighted by atomic mass is 16.5. The van der Waals surface area contributed by atoms with Gasteiger partial charge in [-0.1, -0.05) is 104 Å². The lowest BCUT2D eigenvalue weighted by Crippen LogP contribution is -2.21. The van der Waals surface area contributed by atoms with Crippen molar-refractivity contribution >= 4 is 0 Å². The zero-order valence-corrected chi connectivity index (χ0v) is 17.2. The largest absolute Gasteiger partial charge is 0.391 e. The van der Waals surface area contributed by atoms with Gasteiger partial charge in [-0.3, -0.25) is 0 Å². The van der Waals surface area contributed by atoms with Crippen molar-refractivity contribution in [2.75, 3.05) is 13.2 Å². The molecule has 2 unspecified atom stereocenters. The summed E-state index contributed by atoms with van der Waals surface area (Å²) in [7, 11) is 0. The molecule has 2 atom stereocenters. The van der Waals surface area contributed by atoms with E-state index < -0.39 is 0 Å². The van der Waals surface area contributed by atoms with Crippen molar-refractivity contribution in [1.29, 1.82) is 0 Å². The molecule has 0 radical (unpaired) electrons. The number of aliphatic hydroxyl groups is 2. The summed E-state index contributed by atoms with van der Waals surface area (Å²) >= 11 is 0. The normalized spacial score (nSPS) is 13.9. The van der Waals surface area contributed by atoms with Gasteiger partial charge in [0.2, 0.25) is 0 Å². The van der Waals surface area contributed by atoms with Crippen molar-refractivity contribution in [2.24, 2.45) is 0 Å². The number of hydrogen-bond donors (Lipinski definition) is 2. The Morgan fingerprint density at radius 1 is 0.520 bits per heavy atom. The van der Waals surface area contributed by atoms with Crippen LogP contribution in [0.1, 0.15) is 117 Å². The molecule has 25 heavy (non-hydrogen) atoms. The van der Waals surface area contributed by atoms with Crippen LogP contribution in [0.2, 0.25) is 0 Å². The standard InChI is InChI=1S/C22H46O3/c1-3-5-7-9-11-13-15-17-21(23)19-25-20-22(24)18-16-14-12-10-8-6-4-2/h21-24H,3-20H2,1-2H3. The molecule has 2 N–H and O–H groups in total. The van der Waals surface area contributed by atoms with Crippen LogP contribution in [0.4, 0.5) is 0 Å². The van der Waals surface area contributed by atoms with Gasteiger partial charge in [0, 0.05) is 0 Å². The summed E-state index contributed by atoms with van der Waals surface area (Å²) in [6.45, 7) is 5.21. The zero-order chi connectivity index (χ0) is 18.6. The molecular formula is C22H46O3. The molecule has 0 saturated heterocycles. The van der Waals surface area contributed by atoms with E-state index in [1.807, 2.05) is 0 Å². The van der Waals surface area contributed by atoms with Crippen LogP contribution in [-0.4, -0.2) is 35.6 Å². The summed E-state index contributed by atoms with van der Waals surface area (Å²) in [5.74, 6) is 0. The minimum Gasteiger partial charge on any atom is -0.391 e. The van der Waals surface area contributed by atoms with Crippen LogP contribution in [0.5, 0.6) is 0 Å². The Balaban J connectivity index is 3.29. The third-order valence-electron chi connectivity index (χ3n) is 4.90. The third-order valence-corrected chi connectivity index (χ3v) is 4.90. The van der Waals surface area contributed by atoms with E-state index in [0.29, 0.717) is 13.2 Å². The van der Waals surface area contributed by atoms with Crippen molar-refractivity contribution in [3.63, 3.8) is 0 Å². The molecule has 3 heteroatoms. The predicted molar refractivity (Wildman–Crippen MR) is 108 cm³/mol. The first kappa shape index (κ1) is 24.9. The maximum absolute atomic E-state index is 9.91. The zero-order valence-electron chi connectivity index (χ0n) is 17.2. The Bertz CT molecular complexity index is 221. The highest BCUT2D eigenvalue weighted by Gasteiger charge is 2.08. The maximum Gasteiger partial charge on any atom is 0.0773 e. The van der Waals surface area contributed by atoms with Crippen molar-refractivity contribution < 1.29 is 14.9 Å². The number of hydrogen-bond acceptors (Lipinski definition) is 3. The second-order valence-corrected chi connectivity index (χ2v) is 7.67. The highest BCUT2D eigenvalue weighted by Crippen LogP contribution is 2.11. The number of unbranched alkanes of at least 4 members (excludes halogenated alkanes) is 12. The molecule has 0 saturated carbocycles. The van der Waals surface area contributed by atoms with Gasteiger partial charge in [0.25, 0.3) is 0 Å². The van der Waals surface area contributed by atoms with Gasteiger partial charge in [-0.2, -0.15) is 0 Å². The summed E-state index contributed by atoms with van der Waals surface area (Å²) in [6, 6.07) is 0. The second kappa shape index (κ2) is 20.2. The molecule has 0 fully saturated rings. The quantitative estimate of drug-likeness (QED) is 0.262. The monoisotopic (exact) mass is 358 g/mol. The average molecular weight is 359 g/mol. The van der Waals surface area contributed by atoms with Gasteiger partial charge in [-0.05, 0) is 12.8 Å². The highest BCUT2D eigenvalue weighted by molar-refractivity contribution is 4.58. The van der Waals surface area contributed by atoms with Crippen LogP contribution in [0.15, 0.2) is 0 Å². The van der Waals surface area contributed by atoms with E-state index in [-0.39, 0.29) is 12.2 Å². The first-order chi connectivity index (χ1) is 12.2. The number of aliphatic hydroxyl groups excluding tert-OH is 2. The SMILES string of the molecule is CCCCCCCCCC(O)COCC(O)CCCCCCCCC. The molecule has 0 aromatic carbocycles. The van der Waals surface area contributed by atoms with Gasteiger partial charge < -0.3 is 14.9 Å². The first-order valence-electron chi connectivity index (χ1n) is 11.1. The van der Waals surface area contributed by atoms with E-state index in [4.69, 9.17) is 4.74 Å². The molecule has 0 aliphatic rings. The molecule has 0 bridgehead atoms. The van der Waals surface area contributed by atoms with Gasteiger partial charge in [0.15, 0.2) is 0 Å². The van der Waals surface area contributed by atoms with Gasteiger partial charge in [-0.15, -0.1) is 0 Å². The van der Waals surface area contributed by atoms with Crippen LogP contribution in [0.25, 0.3) is 0 Å². The maximum atomic E-state index is 9.91. The smallest absolute Gasteiger partial charge is 0.0773 e. The van der Waals surface area contributed by atoms with Crippen LogP contribution in [0, 0.1) is 0 Å². The lowest BCUT2D eigenvalue weighted by Gasteiger charge is -2.14. The molecule has 0 aromatic heterocycles. The fourth-order valence-electron chi connectivity index (χ4n) is 3.18. The molecule has 0 heterocycles. The number of ether oxygens (including phenoxy) is 1. The van der Waals surface area contributed by atoms with Gasteiger partial charge in [-0.25, -0.2) is 0 Å². The molecule has 0 spiro atoms. The summed E-state index contributed by atoms with van der Waals surface area (Å²) in [5.41, 5.74) is 0. The van der Waals surface area contributed by atoms with E-state index >= 15 is 0 Å². The predicted octanol–water partition coefficient (Wildman–Crippen LogP) is 6.01. The Morgan fingerprint density at radius 3 is 1.20 bits per heavy atom. The molecule has 0 aliphatic carbocycles. The molecule has 0 amide bonds. The molecule has 0 aliphatic heterocycles. The molecule has 152 valence electrons. The lowest BCUT2D eigenvalue weighted by atomic mass is 10.1. The van der Waals surface area contributed by atoms with Crippen molar-refractivity contribution in [1.82, 2.24) is 0 Å². The molecule has 0 rings (SSSR count). The van der Waals surface area contributed by atoms with Crippen molar-refractivity contribution in [3.05, 3.63) is 0 Å². The fraction of sp³-hybridized carbons (Fsp3) is 1.00.